The van der Waals surface area contributed by atoms with Crippen LogP contribution < -0.4 is 10.2 Å². The molecule has 2 N–H and O–H groups in total. The first-order chi connectivity index (χ1) is 11.9. The van der Waals surface area contributed by atoms with Crippen molar-refractivity contribution in [3.8, 4) is 0 Å². The number of aromatic nitrogens is 1. The third-order valence-corrected chi connectivity index (χ3v) is 4.46. The molecule has 1 unspecified atom stereocenters. The molecule has 0 saturated carbocycles. The number of carbonyl (C=O) groups is 1. The highest BCUT2D eigenvalue weighted by Crippen LogP contribution is 2.30. The normalized spacial score (nSPS) is 16.7. The Kier molecular flexibility index (Phi) is 5.03. The van der Waals surface area contributed by atoms with Gasteiger partial charge >= 0.3 is 0 Å². The third kappa shape index (κ3) is 3.99. The number of halogens is 1. The van der Waals surface area contributed by atoms with Crippen molar-refractivity contribution < 1.29 is 18.8 Å². The van der Waals surface area contributed by atoms with E-state index in [9.17, 15) is 14.3 Å². The summed E-state index contributed by atoms with van der Waals surface area (Å²) in [5, 5.41) is 16.2. The average Bonchev–Trinajstić information content (AvgIpc) is 3.02. The zero-order chi connectivity index (χ0) is 18.0. The maximum absolute atomic E-state index is 13.8. The minimum Gasteiger partial charge on any atom is -0.393 e. The Morgan fingerprint density at radius 1 is 1.40 bits per heavy atom. The van der Waals surface area contributed by atoms with E-state index in [4.69, 9.17) is 4.52 Å². The van der Waals surface area contributed by atoms with Gasteiger partial charge in [0.2, 0.25) is 5.76 Å². The van der Waals surface area contributed by atoms with Gasteiger partial charge in [-0.3, -0.25) is 4.79 Å². The number of anilines is 1. The number of nitrogens with one attached hydrogen (secondary N) is 1. The van der Waals surface area contributed by atoms with Gasteiger partial charge in [0, 0.05) is 30.4 Å². The highest BCUT2D eigenvalue weighted by atomic mass is 19.1. The van der Waals surface area contributed by atoms with Crippen molar-refractivity contribution in [3.05, 3.63) is 47.1 Å². The molecule has 3 rings (SSSR count). The molecule has 1 aliphatic heterocycles. The summed E-state index contributed by atoms with van der Waals surface area (Å²) < 4.78 is 18.8. The first kappa shape index (κ1) is 17.4. The third-order valence-electron chi connectivity index (χ3n) is 4.46. The van der Waals surface area contributed by atoms with Crippen molar-refractivity contribution in [2.24, 2.45) is 0 Å². The molecular formula is C18H22FN3O3. The number of benzene rings is 1. The second-order valence-corrected chi connectivity index (χ2v) is 6.45. The maximum atomic E-state index is 13.8. The van der Waals surface area contributed by atoms with Gasteiger partial charge in [-0.1, -0.05) is 5.16 Å². The minimum atomic E-state index is -0.407. The van der Waals surface area contributed by atoms with Crippen LogP contribution in [0.25, 0.3) is 0 Å². The van der Waals surface area contributed by atoms with Gasteiger partial charge in [-0.2, -0.15) is 0 Å². The zero-order valence-electron chi connectivity index (χ0n) is 14.3. The van der Waals surface area contributed by atoms with Crippen LogP contribution in [0.1, 0.15) is 47.6 Å². The van der Waals surface area contributed by atoms with Gasteiger partial charge in [0.1, 0.15) is 5.82 Å². The Morgan fingerprint density at radius 2 is 2.12 bits per heavy atom. The van der Waals surface area contributed by atoms with E-state index < -0.39 is 11.9 Å². The summed E-state index contributed by atoms with van der Waals surface area (Å²) >= 11 is 0. The number of nitrogens with zero attached hydrogens (tertiary/aromatic N) is 2. The fourth-order valence-corrected chi connectivity index (χ4v) is 3.08. The van der Waals surface area contributed by atoms with Crippen LogP contribution in [0.15, 0.2) is 28.8 Å². The quantitative estimate of drug-likeness (QED) is 0.889. The van der Waals surface area contributed by atoms with E-state index in [0.29, 0.717) is 37.2 Å². The molecule has 2 aromatic rings. The average molecular weight is 347 g/mol. The number of aryl methyl sites for hydroxylation is 1. The SMILES string of the molecule is Cc1cc(C(=O)NC(C)c2cc(F)ccc2N2CCC(O)CC2)on1. The second-order valence-electron chi connectivity index (χ2n) is 6.45. The summed E-state index contributed by atoms with van der Waals surface area (Å²) in [6.07, 6.45) is 1.07. The molecule has 134 valence electrons. The van der Waals surface area contributed by atoms with Gasteiger partial charge in [0.15, 0.2) is 0 Å². The predicted molar refractivity (Wildman–Crippen MR) is 91.0 cm³/mol. The van der Waals surface area contributed by atoms with Crippen LogP contribution in [-0.2, 0) is 0 Å². The van der Waals surface area contributed by atoms with Crippen molar-refractivity contribution in [2.45, 2.75) is 38.8 Å². The summed E-state index contributed by atoms with van der Waals surface area (Å²) in [4.78, 5) is 14.4. The first-order valence-electron chi connectivity index (χ1n) is 8.40. The maximum Gasteiger partial charge on any atom is 0.290 e. The second kappa shape index (κ2) is 7.23. The summed E-state index contributed by atoms with van der Waals surface area (Å²) in [6.45, 7) is 4.93. The Bertz CT molecular complexity index is 754. The largest absolute Gasteiger partial charge is 0.393 e. The van der Waals surface area contributed by atoms with Crippen molar-refractivity contribution in [3.63, 3.8) is 0 Å². The topological polar surface area (TPSA) is 78.6 Å². The van der Waals surface area contributed by atoms with E-state index in [1.165, 1.54) is 12.1 Å². The molecule has 1 aromatic heterocycles. The number of hydrogen-bond donors (Lipinski definition) is 2. The van der Waals surface area contributed by atoms with Crippen molar-refractivity contribution in [2.75, 3.05) is 18.0 Å². The standard InChI is InChI=1S/C18H22FN3O3/c1-11-9-17(25-21-11)18(24)20-12(2)15-10-13(19)3-4-16(15)22-7-5-14(23)6-8-22/h3-4,9-10,12,14,23H,5-8H2,1-2H3,(H,20,24). The van der Waals surface area contributed by atoms with E-state index in [2.05, 4.69) is 15.4 Å². The van der Waals surface area contributed by atoms with Gasteiger partial charge in [0.05, 0.1) is 17.8 Å². The molecule has 0 radical (unpaired) electrons. The van der Waals surface area contributed by atoms with Crippen LogP contribution in [-0.4, -0.2) is 35.4 Å². The van der Waals surface area contributed by atoms with Gasteiger partial charge in [0.25, 0.3) is 5.91 Å². The molecule has 1 fully saturated rings. The molecular weight excluding hydrogens is 325 g/mol. The van der Waals surface area contributed by atoms with Crippen LogP contribution in [0, 0.1) is 12.7 Å². The molecule has 0 aliphatic carbocycles. The van der Waals surface area contributed by atoms with Crippen molar-refractivity contribution in [1.82, 2.24) is 10.5 Å². The number of aliphatic hydroxyl groups is 1. The van der Waals surface area contributed by atoms with Gasteiger partial charge in [-0.25, -0.2) is 4.39 Å². The van der Waals surface area contributed by atoms with Crippen LogP contribution in [0.2, 0.25) is 0 Å². The Hall–Kier alpha value is -2.41. The molecule has 6 nitrogen and oxygen atoms in total. The molecule has 1 saturated heterocycles. The van der Waals surface area contributed by atoms with Gasteiger partial charge in [-0.05, 0) is 44.9 Å². The van der Waals surface area contributed by atoms with Crippen molar-refractivity contribution in [1.29, 1.82) is 0 Å². The lowest BCUT2D eigenvalue weighted by atomic mass is 10.0. The molecule has 0 bridgehead atoms. The molecule has 1 amide bonds. The Labute approximate surface area is 145 Å². The van der Waals surface area contributed by atoms with E-state index in [0.717, 1.165) is 5.69 Å². The lowest BCUT2D eigenvalue weighted by molar-refractivity contribution is 0.0902. The predicted octanol–water partition coefficient (Wildman–Crippen LogP) is 2.57. The molecule has 0 spiro atoms. The van der Waals surface area contributed by atoms with Crippen molar-refractivity contribution >= 4 is 11.6 Å². The lowest BCUT2D eigenvalue weighted by Crippen LogP contribution is -2.37. The fraction of sp³-hybridized carbons (Fsp3) is 0.444. The van der Waals surface area contributed by atoms with E-state index >= 15 is 0 Å². The number of hydrogen-bond acceptors (Lipinski definition) is 5. The molecule has 2 heterocycles. The minimum absolute atomic E-state index is 0.128. The summed E-state index contributed by atoms with van der Waals surface area (Å²) in [7, 11) is 0. The Morgan fingerprint density at radius 3 is 2.76 bits per heavy atom. The number of amides is 1. The zero-order valence-corrected chi connectivity index (χ0v) is 14.3. The monoisotopic (exact) mass is 347 g/mol. The molecule has 1 aromatic carbocycles. The fourth-order valence-electron chi connectivity index (χ4n) is 3.08. The molecule has 7 heteroatoms. The van der Waals surface area contributed by atoms with Crippen LogP contribution >= 0.6 is 0 Å². The number of carbonyl (C=O) groups excluding carboxylic acids is 1. The number of piperidine rings is 1. The molecule has 25 heavy (non-hydrogen) atoms. The smallest absolute Gasteiger partial charge is 0.290 e. The van der Waals surface area contributed by atoms with E-state index in [1.54, 1.807) is 26.0 Å². The summed E-state index contributed by atoms with van der Waals surface area (Å²) in [5.41, 5.74) is 2.19. The summed E-state index contributed by atoms with van der Waals surface area (Å²) in [6, 6.07) is 5.73. The molecule has 1 aliphatic rings. The number of aliphatic hydroxyl groups excluding tert-OH is 1. The summed E-state index contributed by atoms with van der Waals surface area (Å²) in [5.74, 6) is -0.617. The Balaban J connectivity index is 1.80. The van der Waals surface area contributed by atoms with Crippen LogP contribution in [0.4, 0.5) is 10.1 Å². The highest BCUT2D eigenvalue weighted by Gasteiger charge is 2.23. The van der Waals surface area contributed by atoms with Gasteiger partial charge < -0.3 is 19.8 Å². The lowest BCUT2D eigenvalue weighted by Gasteiger charge is -2.34. The highest BCUT2D eigenvalue weighted by molar-refractivity contribution is 5.91. The first-order valence-corrected chi connectivity index (χ1v) is 8.40. The molecule has 1 atom stereocenters. The van der Waals surface area contributed by atoms with Gasteiger partial charge in [-0.15, -0.1) is 0 Å². The van der Waals surface area contributed by atoms with Crippen LogP contribution in [0.3, 0.4) is 0 Å². The van der Waals surface area contributed by atoms with Crippen LogP contribution in [0.5, 0.6) is 0 Å². The van der Waals surface area contributed by atoms with E-state index in [1.807, 2.05) is 0 Å². The number of rotatable bonds is 4. The van der Waals surface area contributed by atoms with E-state index in [-0.39, 0.29) is 17.7 Å².